The van der Waals surface area contributed by atoms with Gasteiger partial charge in [0.1, 0.15) is 16.8 Å². The number of hydrogen-bond acceptors (Lipinski definition) is 4. The van der Waals surface area contributed by atoms with E-state index in [0.29, 0.717) is 0 Å². The van der Waals surface area contributed by atoms with E-state index in [2.05, 4.69) is 41.4 Å². The number of H-pyrrole nitrogens is 1. The van der Waals surface area contributed by atoms with Crippen LogP contribution in [0.2, 0.25) is 0 Å². The van der Waals surface area contributed by atoms with Crippen LogP contribution in [0.3, 0.4) is 0 Å². The highest BCUT2D eigenvalue weighted by molar-refractivity contribution is 9.10. The first-order valence-electron chi connectivity index (χ1n) is 5.01. The van der Waals surface area contributed by atoms with Crippen LogP contribution in [0.5, 0.6) is 0 Å². The molecule has 0 radical (unpaired) electrons. The molecule has 2 aromatic rings. The summed E-state index contributed by atoms with van der Waals surface area (Å²) < 4.78 is 0.863. The van der Waals surface area contributed by atoms with Crippen molar-refractivity contribution in [1.82, 2.24) is 25.5 Å². The van der Waals surface area contributed by atoms with E-state index >= 15 is 0 Å². The molecular formula is C10H12BrN5. The van der Waals surface area contributed by atoms with Gasteiger partial charge in [-0.3, -0.25) is 5.10 Å². The van der Waals surface area contributed by atoms with E-state index in [-0.39, 0.29) is 0 Å². The molecule has 0 aromatic carbocycles. The van der Waals surface area contributed by atoms with Gasteiger partial charge in [-0.2, -0.15) is 5.10 Å². The lowest BCUT2D eigenvalue weighted by atomic mass is 10.3. The average molecular weight is 282 g/mol. The Hall–Kier alpha value is -1.27. The van der Waals surface area contributed by atoms with Gasteiger partial charge >= 0.3 is 0 Å². The highest BCUT2D eigenvalue weighted by atomic mass is 79.9. The highest BCUT2D eigenvalue weighted by Crippen LogP contribution is 2.05. The van der Waals surface area contributed by atoms with Crippen molar-refractivity contribution in [2.45, 2.75) is 13.0 Å². The number of nitrogens with zero attached hydrogens (tertiary/aromatic N) is 3. The molecule has 2 N–H and O–H groups in total. The Kier molecular flexibility index (Phi) is 4.01. The largest absolute Gasteiger partial charge is 0.311 e. The van der Waals surface area contributed by atoms with Crippen molar-refractivity contribution in [3.05, 3.63) is 40.6 Å². The van der Waals surface area contributed by atoms with Crippen LogP contribution in [-0.2, 0) is 13.0 Å². The van der Waals surface area contributed by atoms with Crippen LogP contribution in [0.15, 0.2) is 29.1 Å². The van der Waals surface area contributed by atoms with Crippen molar-refractivity contribution >= 4 is 15.9 Å². The van der Waals surface area contributed by atoms with Gasteiger partial charge in [0.25, 0.3) is 0 Å². The second-order valence-electron chi connectivity index (χ2n) is 3.31. The Labute approximate surface area is 102 Å². The summed E-state index contributed by atoms with van der Waals surface area (Å²) in [6.45, 7) is 1.61. The zero-order valence-electron chi connectivity index (χ0n) is 8.65. The van der Waals surface area contributed by atoms with Gasteiger partial charge in [0.2, 0.25) is 0 Å². The fourth-order valence-electron chi connectivity index (χ4n) is 1.32. The van der Waals surface area contributed by atoms with Gasteiger partial charge in [0, 0.05) is 19.5 Å². The van der Waals surface area contributed by atoms with Crippen molar-refractivity contribution in [2.75, 3.05) is 6.54 Å². The molecule has 6 heteroatoms. The molecule has 0 unspecified atom stereocenters. The molecule has 0 fully saturated rings. The lowest BCUT2D eigenvalue weighted by Gasteiger charge is -2.03. The molecule has 0 amide bonds. The third-order valence-electron chi connectivity index (χ3n) is 2.08. The van der Waals surface area contributed by atoms with E-state index in [4.69, 9.17) is 0 Å². The monoisotopic (exact) mass is 281 g/mol. The molecule has 0 atom stereocenters. The Morgan fingerprint density at radius 2 is 2.31 bits per heavy atom. The first kappa shape index (κ1) is 11.2. The molecule has 0 spiro atoms. The zero-order chi connectivity index (χ0) is 11.2. The SMILES string of the molecule is Brc1cccc(CNCCc2ncn[nH]2)n1. The topological polar surface area (TPSA) is 66.5 Å². The summed E-state index contributed by atoms with van der Waals surface area (Å²) in [5.41, 5.74) is 1.02. The van der Waals surface area contributed by atoms with Gasteiger partial charge in [-0.15, -0.1) is 0 Å². The second kappa shape index (κ2) is 5.72. The van der Waals surface area contributed by atoms with Crippen LogP contribution < -0.4 is 5.32 Å². The van der Waals surface area contributed by atoms with Crippen molar-refractivity contribution in [3.8, 4) is 0 Å². The van der Waals surface area contributed by atoms with Gasteiger partial charge in [0.05, 0.1) is 5.69 Å². The van der Waals surface area contributed by atoms with Crippen molar-refractivity contribution < 1.29 is 0 Å². The van der Waals surface area contributed by atoms with Crippen LogP contribution in [-0.4, -0.2) is 26.7 Å². The standard InChI is InChI=1S/C10H12BrN5/c11-9-3-1-2-8(15-9)6-12-5-4-10-13-7-14-16-10/h1-3,7,12H,4-6H2,(H,13,14,16). The van der Waals surface area contributed by atoms with Gasteiger partial charge in [-0.05, 0) is 28.1 Å². The molecular weight excluding hydrogens is 270 g/mol. The van der Waals surface area contributed by atoms with E-state index in [0.717, 1.165) is 35.6 Å². The maximum absolute atomic E-state index is 4.33. The molecule has 2 heterocycles. The molecule has 0 saturated carbocycles. The van der Waals surface area contributed by atoms with Crippen LogP contribution in [0.25, 0.3) is 0 Å². The second-order valence-corrected chi connectivity index (χ2v) is 4.12. The Balaban J connectivity index is 1.72. The Bertz CT molecular complexity index is 429. The summed E-state index contributed by atoms with van der Waals surface area (Å²) in [5, 5.41) is 9.90. The van der Waals surface area contributed by atoms with Crippen molar-refractivity contribution in [3.63, 3.8) is 0 Å². The normalized spacial score (nSPS) is 10.6. The molecule has 0 saturated heterocycles. The van der Waals surface area contributed by atoms with Crippen molar-refractivity contribution in [2.24, 2.45) is 0 Å². The Morgan fingerprint density at radius 3 is 3.06 bits per heavy atom. The summed E-state index contributed by atoms with van der Waals surface area (Å²) in [5.74, 6) is 0.898. The molecule has 16 heavy (non-hydrogen) atoms. The molecule has 0 bridgehead atoms. The maximum Gasteiger partial charge on any atom is 0.137 e. The molecule has 2 aromatic heterocycles. The predicted molar refractivity (Wildman–Crippen MR) is 63.7 cm³/mol. The van der Waals surface area contributed by atoms with Crippen LogP contribution >= 0.6 is 15.9 Å². The first-order valence-corrected chi connectivity index (χ1v) is 5.80. The fraction of sp³-hybridized carbons (Fsp3) is 0.300. The average Bonchev–Trinajstić information content (AvgIpc) is 2.77. The summed E-state index contributed by atoms with van der Waals surface area (Å²) >= 11 is 3.34. The van der Waals surface area contributed by atoms with Crippen LogP contribution in [0.4, 0.5) is 0 Å². The maximum atomic E-state index is 4.33. The third kappa shape index (κ3) is 3.39. The van der Waals surface area contributed by atoms with E-state index < -0.39 is 0 Å². The number of aromatic nitrogens is 4. The minimum atomic E-state index is 0.758. The molecule has 5 nitrogen and oxygen atoms in total. The van der Waals surface area contributed by atoms with Gasteiger partial charge < -0.3 is 5.32 Å². The number of pyridine rings is 1. The molecule has 0 aliphatic heterocycles. The molecule has 2 rings (SSSR count). The van der Waals surface area contributed by atoms with Crippen LogP contribution in [0, 0.1) is 0 Å². The number of halogens is 1. The van der Waals surface area contributed by atoms with Crippen LogP contribution in [0.1, 0.15) is 11.5 Å². The van der Waals surface area contributed by atoms with E-state index in [1.807, 2.05) is 18.2 Å². The fourth-order valence-corrected chi connectivity index (χ4v) is 1.70. The van der Waals surface area contributed by atoms with Gasteiger partial charge in [-0.25, -0.2) is 9.97 Å². The van der Waals surface area contributed by atoms with Crippen molar-refractivity contribution in [1.29, 1.82) is 0 Å². The summed E-state index contributed by atoms with van der Waals surface area (Å²) in [6, 6.07) is 5.88. The van der Waals surface area contributed by atoms with Gasteiger partial charge in [-0.1, -0.05) is 6.07 Å². The minimum absolute atomic E-state index is 0.758. The van der Waals surface area contributed by atoms with E-state index in [1.54, 1.807) is 0 Å². The number of nitrogens with one attached hydrogen (secondary N) is 2. The lowest BCUT2D eigenvalue weighted by molar-refractivity contribution is 0.660. The quantitative estimate of drug-likeness (QED) is 0.640. The molecule has 84 valence electrons. The minimum Gasteiger partial charge on any atom is -0.311 e. The Morgan fingerprint density at radius 1 is 1.38 bits per heavy atom. The highest BCUT2D eigenvalue weighted by Gasteiger charge is 1.97. The zero-order valence-corrected chi connectivity index (χ0v) is 10.2. The number of hydrogen-bond donors (Lipinski definition) is 2. The van der Waals surface area contributed by atoms with E-state index in [9.17, 15) is 0 Å². The molecule has 0 aliphatic rings. The van der Waals surface area contributed by atoms with E-state index in [1.165, 1.54) is 6.33 Å². The first-order chi connectivity index (χ1) is 7.84. The van der Waals surface area contributed by atoms with Gasteiger partial charge in [0.15, 0.2) is 0 Å². The number of aromatic amines is 1. The molecule has 0 aliphatic carbocycles. The summed E-state index contributed by atoms with van der Waals surface area (Å²) in [4.78, 5) is 8.37. The lowest BCUT2D eigenvalue weighted by Crippen LogP contribution is -2.17. The smallest absolute Gasteiger partial charge is 0.137 e. The summed E-state index contributed by atoms with van der Waals surface area (Å²) in [6.07, 6.45) is 2.36. The number of rotatable bonds is 5. The third-order valence-corrected chi connectivity index (χ3v) is 2.52. The summed E-state index contributed by atoms with van der Waals surface area (Å²) in [7, 11) is 0. The predicted octanol–water partition coefficient (Wildman–Crippen LogP) is 1.29.